The van der Waals surface area contributed by atoms with Crippen LogP contribution < -0.4 is 5.32 Å². The zero-order chi connectivity index (χ0) is 13.0. The molecule has 2 nitrogen and oxygen atoms in total. The molecule has 0 aliphatic rings. The third-order valence-corrected chi connectivity index (χ3v) is 5.07. The quantitative estimate of drug-likeness (QED) is 0.804. The second-order valence-electron chi connectivity index (χ2n) is 4.57. The smallest absolute Gasteiger partial charge is 0.151 e. The van der Waals surface area contributed by atoms with E-state index in [1.165, 1.54) is 15.5 Å². The minimum absolute atomic E-state index is 0.576. The number of rotatable bonds is 6. The fourth-order valence-corrected chi connectivity index (χ4v) is 4.58. The predicted molar refractivity (Wildman–Crippen MR) is 82.7 cm³/mol. The van der Waals surface area contributed by atoms with Crippen molar-refractivity contribution in [2.75, 3.05) is 6.54 Å². The van der Waals surface area contributed by atoms with Crippen molar-refractivity contribution in [2.45, 2.75) is 42.8 Å². The molecule has 2 unspecified atom stereocenters. The first kappa shape index (κ1) is 13.8. The van der Waals surface area contributed by atoms with Gasteiger partial charge in [0.2, 0.25) is 0 Å². The third-order valence-electron chi connectivity index (χ3n) is 2.81. The number of hydrogen-bond acceptors (Lipinski definition) is 4. The summed E-state index contributed by atoms with van der Waals surface area (Å²) in [4.78, 5) is 4.67. The number of nitrogens with zero attached hydrogens (tertiary/aromatic N) is 1. The highest BCUT2D eigenvalue weighted by molar-refractivity contribution is 8.01. The number of thioether (sulfide) groups is 1. The minimum Gasteiger partial charge on any atom is -0.314 e. The van der Waals surface area contributed by atoms with Gasteiger partial charge in [0, 0.05) is 11.3 Å². The lowest BCUT2D eigenvalue weighted by Gasteiger charge is -2.16. The number of nitrogens with one attached hydrogen (secondary N) is 1. The average Bonchev–Trinajstić information content (AvgIpc) is 2.70. The molecule has 4 heteroatoms. The van der Waals surface area contributed by atoms with Gasteiger partial charge in [-0.2, -0.15) is 0 Å². The first-order valence-electron chi connectivity index (χ1n) is 6.44. The predicted octanol–water partition coefficient (Wildman–Crippen LogP) is 4.17. The second kappa shape index (κ2) is 6.55. The van der Waals surface area contributed by atoms with Crippen molar-refractivity contribution in [2.24, 2.45) is 0 Å². The molecule has 2 atom stereocenters. The summed E-state index contributed by atoms with van der Waals surface area (Å²) in [5.41, 5.74) is 1.12. The van der Waals surface area contributed by atoms with Crippen LogP contribution in [0, 0.1) is 0 Å². The van der Waals surface area contributed by atoms with E-state index in [0.29, 0.717) is 11.3 Å². The van der Waals surface area contributed by atoms with E-state index in [4.69, 9.17) is 0 Å². The highest BCUT2D eigenvalue weighted by Crippen LogP contribution is 2.33. The Morgan fingerprint density at radius 3 is 2.83 bits per heavy atom. The largest absolute Gasteiger partial charge is 0.314 e. The molecule has 1 N–H and O–H groups in total. The van der Waals surface area contributed by atoms with Crippen LogP contribution in [0.1, 0.15) is 27.2 Å². The van der Waals surface area contributed by atoms with Crippen LogP contribution in [0.4, 0.5) is 0 Å². The maximum Gasteiger partial charge on any atom is 0.151 e. The van der Waals surface area contributed by atoms with Crippen LogP contribution in [-0.2, 0) is 0 Å². The van der Waals surface area contributed by atoms with Crippen molar-refractivity contribution in [3.05, 3.63) is 24.3 Å². The summed E-state index contributed by atoms with van der Waals surface area (Å²) in [7, 11) is 0. The number of fused-ring (bicyclic) bond motifs is 1. The first-order chi connectivity index (χ1) is 8.69. The molecule has 0 saturated carbocycles. The number of aromatic nitrogens is 1. The fraction of sp³-hybridized carbons (Fsp3) is 0.500. The summed E-state index contributed by atoms with van der Waals surface area (Å²) in [6, 6.07) is 8.93. The molecule has 0 fully saturated rings. The molecule has 0 bridgehead atoms. The molecule has 2 rings (SSSR count). The van der Waals surface area contributed by atoms with Crippen molar-refractivity contribution < 1.29 is 0 Å². The van der Waals surface area contributed by atoms with E-state index in [1.54, 1.807) is 11.3 Å². The van der Waals surface area contributed by atoms with Crippen LogP contribution in [-0.4, -0.2) is 22.8 Å². The molecule has 0 saturated heterocycles. The Balaban J connectivity index is 1.96. The van der Waals surface area contributed by atoms with E-state index < -0.39 is 0 Å². The topological polar surface area (TPSA) is 24.9 Å². The Bertz CT molecular complexity index is 462. The Morgan fingerprint density at radius 1 is 1.33 bits per heavy atom. The van der Waals surface area contributed by atoms with Crippen LogP contribution in [0.15, 0.2) is 28.6 Å². The van der Waals surface area contributed by atoms with Crippen molar-refractivity contribution in [1.82, 2.24) is 10.3 Å². The summed E-state index contributed by atoms with van der Waals surface area (Å²) >= 11 is 3.69. The number of thiazole rings is 1. The van der Waals surface area contributed by atoms with Crippen molar-refractivity contribution in [3.63, 3.8) is 0 Å². The summed E-state index contributed by atoms with van der Waals surface area (Å²) in [5, 5.41) is 4.06. The fourth-order valence-electron chi connectivity index (χ4n) is 2.05. The number of benzene rings is 1. The average molecular weight is 280 g/mol. The highest BCUT2D eigenvalue weighted by atomic mass is 32.2. The minimum atomic E-state index is 0.576. The van der Waals surface area contributed by atoms with E-state index in [-0.39, 0.29) is 0 Å². The summed E-state index contributed by atoms with van der Waals surface area (Å²) in [5.74, 6) is 0. The molecule has 1 aromatic carbocycles. The van der Waals surface area contributed by atoms with Gasteiger partial charge in [-0.05, 0) is 32.0 Å². The van der Waals surface area contributed by atoms with Gasteiger partial charge in [0.15, 0.2) is 4.34 Å². The Labute approximate surface area is 117 Å². The van der Waals surface area contributed by atoms with Crippen LogP contribution >= 0.6 is 23.1 Å². The van der Waals surface area contributed by atoms with Gasteiger partial charge in [-0.1, -0.05) is 37.7 Å². The summed E-state index contributed by atoms with van der Waals surface area (Å²) < 4.78 is 2.47. The van der Waals surface area contributed by atoms with Gasteiger partial charge in [-0.3, -0.25) is 0 Å². The van der Waals surface area contributed by atoms with E-state index in [2.05, 4.69) is 49.3 Å². The lowest BCUT2D eigenvalue weighted by molar-refractivity contribution is 0.530. The van der Waals surface area contributed by atoms with Crippen LogP contribution in [0.5, 0.6) is 0 Å². The lowest BCUT2D eigenvalue weighted by atomic mass is 10.2. The Morgan fingerprint density at radius 2 is 2.11 bits per heavy atom. The molecule has 2 aromatic rings. The monoisotopic (exact) mass is 280 g/mol. The van der Waals surface area contributed by atoms with Gasteiger partial charge in [0.05, 0.1) is 10.2 Å². The van der Waals surface area contributed by atoms with E-state index in [1.807, 2.05) is 17.8 Å². The Hall–Kier alpha value is -0.580. The van der Waals surface area contributed by atoms with Gasteiger partial charge in [-0.25, -0.2) is 4.98 Å². The van der Waals surface area contributed by atoms with E-state index in [9.17, 15) is 0 Å². The lowest BCUT2D eigenvalue weighted by Crippen LogP contribution is -2.28. The third kappa shape index (κ3) is 3.70. The maximum absolute atomic E-state index is 4.67. The normalized spacial score (nSPS) is 14.8. The molecule has 1 heterocycles. The second-order valence-corrected chi connectivity index (χ2v) is 7.29. The van der Waals surface area contributed by atoms with Crippen LogP contribution in [0.2, 0.25) is 0 Å². The van der Waals surface area contributed by atoms with Gasteiger partial charge in [0.25, 0.3) is 0 Å². The van der Waals surface area contributed by atoms with E-state index >= 15 is 0 Å². The zero-order valence-corrected chi connectivity index (χ0v) is 12.8. The molecular formula is C14H20N2S2. The first-order valence-corrected chi connectivity index (χ1v) is 8.14. The van der Waals surface area contributed by atoms with Gasteiger partial charge < -0.3 is 5.32 Å². The van der Waals surface area contributed by atoms with Crippen LogP contribution in [0.3, 0.4) is 0 Å². The molecule has 0 aliphatic carbocycles. The van der Waals surface area contributed by atoms with Gasteiger partial charge >= 0.3 is 0 Å². The summed E-state index contributed by atoms with van der Waals surface area (Å²) in [6.07, 6.45) is 1.18. The van der Waals surface area contributed by atoms with Crippen molar-refractivity contribution in [1.29, 1.82) is 0 Å². The molecule has 0 spiro atoms. The van der Waals surface area contributed by atoms with Crippen molar-refractivity contribution in [3.8, 4) is 0 Å². The molecule has 0 radical (unpaired) electrons. The molecule has 0 aliphatic heterocycles. The molecule has 98 valence electrons. The van der Waals surface area contributed by atoms with Gasteiger partial charge in [-0.15, -0.1) is 11.3 Å². The summed E-state index contributed by atoms with van der Waals surface area (Å²) in [6.45, 7) is 7.73. The molecular weight excluding hydrogens is 260 g/mol. The zero-order valence-electron chi connectivity index (χ0n) is 11.1. The van der Waals surface area contributed by atoms with Gasteiger partial charge in [0.1, 0.15) is 0 Å². The Kier molecular flexibility index (Phi) is 5.03. The highest BCUT2D eigenvalue weighted by Gasteiger charge is 2.12. The molecule has 0 amide bonds. The molecule has 18 heavy (non-hydrogen) atoms. The standard InChI is InChI=1S/C14H20N2S2/c1-4-15-10(2)9-11(3)17-14-16-12-7-5-6-8-13(12)18-14/h5-8,10-11,15H,4,9H2,1-3H3. The van der Waals surface area contributed by atoms with Crippen LogP contribution in [0.25, 0.3) is 10.2 Å². The number of hydrogen-bond donors (Lipinski definition) is 1. The SMILES string of the molecule is CCNC(C)CC(C)Sc1nc2ccccc2s1. The van der Waals surface area contributed by atoms with Crippen molar-refractivity contribution >= 4 is 33.3 Å². The maximum atomic E-state index is 4.67. The molecule has 1 aromatic heterocycles. The van der Waals surface area contributed by atoms with E-state index in [0.717, 1.165) is 12.1 Å². The number of para-hydroxylation sites is 1.